The lowest BCUT2D eigenvalue weighted by Gasteiger charge is -2.05. The molecule has 1 aromatic carbocycles. The molecule has 0 unspecified atom stereocenters. The predicted octanol–water partition coefficient (Wildman–Crippen LogP) is 3.40. The summed E-state index contributed by atoms with van der Waals surface area (Å²) in [5.41, 5.74) is 7.31. The van der Waals surface area contributed by atoms with Crippen molar-refractivity contribution < 1.29 is 4.79 Å². The minimum Gasteiger partial charge on any atom is -0.398 e. The van der Waals surface area contributed by atoms with E-state index in [9.17, 15) is 4.79 Å². The molecule has 0 fully saturated rings. The number of hydrogen-bond donors (Lipinski definition) is 1. The largest absolute Gasteiger partial charge is 0.398 e. The van der Waals surface area contributed by atoms with Crippen molar-refractivity contribution in [2.45, 2.75) is 6.42 Å². The molecule has 0 radical (unpaired) electrons. The molecule has 0 atom stereocenters. The number of nitrogen functional groups attached to an aromatic ring is 1. The highest BCUT2D eigenvalue weighted by atomic mass is 35.5. The molecular formula is C13H10Cl2N2O. The highest BCUT2D eigenvalue weighted by Gasteiger charge is 2.10. The first-order valence-electron chi connectivity index (χ1n) is 5.24. The van der Waals surface area contributed by atoms with Crippen LogP contribution in [-0.4, -0.2) is 10.8 Å². The maximum Gasteiger partial charge on any atom is 0.167 e. The Labute approximate surface area is 115 Å². The van der Waals surface area contributed by atoms with Gasteiger partial charge in [0.2, 0.25) is 0 Å². The second-order valence-electron chi connectivity index (χ2n) is 3.80. The molecule has 0 saturated carbocycles. The highest BCUT2D eigenvalue weighted by molar-refractivity contribution is 6.33. The summed E-state index contributed by atoms with van der Waals surface area (Å²) in [6.07, 6.45) is 3.33. The number of carbonyl (C=O) groups is 1. The molecule has 0 aliphatic carbocycles. The molecule has 2 rings (SSSR count). The van der Waals surface area contributed by atoms with Crippen molar-refractivity contribution in [3.63, 3.8) is 0 Å². The number of ketones is 1. The molecule has 0 aliphatic heterocycles. The highest BCUT2D eigenvalue weighted by Crippen LogP contribution is 2.21. The fraction of sp³-hybridized carbons (Fsp3) is 0.0769. The summed E-state index contributed by atoms with van der Waals surface area (Å²) >= 11 is 11.8. The van der Waals surface area contributed by atoms with E-state index in [0.29, 0.717) is 21.3 Å². The molecule has 2 aromatic rings. The minimum absolute atomic E-state index is 0.0635. The molecule has 0 spiro atoms. The van der Waals surface area contributed by atoms with Crippen molar-refractivity contribution in [1.82, 2.24) is 4.98 Å². The lowest BCUT2D eigenvalue weighted by atomic mass is 10.0. The SMILES string of the molecule is Nc1cc(C(=O)Cc2ccncc2Cl)ccc1Cl. The Morgan fingerprint density at radius 3 is 2.67 bits per heavy atom. The number of rotatable bonds is 3. The first-order valence-corrected chi connectivity index (χ1v) is 6.00. The van der Waals surface area contributed by atoms with Crippen molar-refractivity contribution in [2.75, 3.05) is 5.73 Å². The molecule has 0 aliphatic rings. The number of anilines is 1. The van der Waals surface area contributed by atoms with Gasteiger partial charge in [-0.1, -0.05) is 23.2 Å². The van der Waals surface area contributed by atoms with Crippen LogP contribution in [-0.2, 0) is 6.42 Å². The Morgan fingerprint density at radius 1 is 1.22 bits per heavy atom. The number of nitrogens with two attached hydrogens (primary N) is 1. The van der Waals surface area contributed by atoms with Crippen LogP contribution >= 0.6 is 23.2 Å². The molecule has 1 aromatic heterocycles. The number of pyridine rings is 1. The van der Waals surface area contributed by atoms with Crippen LogP contribution in [0.2, 0.25) is 10.0 Å². The van der Waals surface area contributed by atoms with E-state index < -0.39 is 0 Å². The lowest BCUT2D eigenvalue weighted by Crippen LogP contribution is -2.05. The quantitative estimate of drug-likeness (QED) is 0.693. The average molecular weight is 281 g/mol. The van der Waals surface area contributed by atoms with Crippen molar-refractivity contribution in [3.8, 4) is 0 Å². The van der Waals surface area contributed by atoms with E-state index in [4.69, 9.17) is 28.9 Å². The Balaban J connectivity index is 2.22. The number of benzene rings is 1. The van der Waals surface area contributed by atoms with E-state index >= 15 is 0 Å². The van der Waals surface area contributed by atoms with Gasteiger partial charge in [0.15, 0.2) is 5.78 Å². The maximum absolute atomic E-state index is 12.1. The smallest absolute Gasteiger partial charge is 0.167 e. The zero-order valence-electron chi connectivity index (χ0n) is 9.36. The number of nitrogens with zero attached hydrogens (tertiary/aromatic N) is 1. The van der Waals surface area contributed by atoms with Crippen LogP contribution in [0.5, 0.6) is 0 Å². The molecule has 18 heavy (non-hydrogen) atoms. The number of halogens is 2. The molecule has 1 heterocycles. The Kier molecular flexibility index (Phi) is 3.84. The van der Waals surface area contributed by atoms with Crippen molar-refractivity contribution in [3.05, 3.63) is 57.8 Å². The Hall–Kier alpha value is -1.58. The zero-order valence-corrected chi connectivity index (χ0v) is 10.9. The van der Waals surface area contributed by atoms with Gasteiger partial charge < -0.3 is 5.73 Å². The summed E-state index contributed by atoms with van der Waals surface area (Å²) in [5, 5.41) is 0.918. The van der Waals surface area contributed by atoms with Crippen LogP contribution in [0.25, 0.3) is 0 Å². The van der Waals surface area contributed by atoms with Gasteiger partial charge in [0.05, 0.1) is 15.7 Å². The number of Topliss-reactive ketones (excluding diaryl/α,β-unsaturated/α-hetero) is 1. The molecule has 0 bridgehead atoms. The summed E-state index contributed by atoms with van der Waals surface area (Å²) in [7, 11) is 0. The standard InChI is InChI=1S/C13H10Cl2N2O/c14-10-2-1-9(5-12(10)16)13(18)6-8-3-4-17-7-11(8)15/h1-5,7H,6,16H2. The van der Waals surface area contributed by atoms with E-state index in [1.807, 2.05) is 0 Å². The van der Waals surface area contributed by atoms with E-state index in [1.54, 1.807) is 30.5 Å². The number of hydrogen-bond acceptors (Lipinski definition) is 3. The predicted molar refractivity (Wildman–Crippen MR) is 73.1 cm³/mol. The van der Waals surface area contributed by atoms with Gasteiger partial charge in [0.25, 0.3) is 0 Å². The minimum atomic E-state index is -0.0635. The van der Waals surface area contributed by atoms with Crippen molar-refractivity contribution in [1.29, 1.82) is 0 Å². The fourth-order valence-corrected chi connectivity index (χ4v) is 1.84. The van der Waals surface area contributed by atoms with Crippen LogP contribution < -0.4 is 5.73 Å². The van der Waals surface area contributed by atoms with Gasteiger partial charge in [0, 0.05) is 24.4 Å². The number of aromatic nitrogens is 1. The third kappa shape index (κ3) is 2.81. The Bertz CT molecular complexity index is 599. The summed E-state index contributed by atoms with van der Waals surface area (Å²) in [6.45, 7) is 0. The molecular weight excluding hydrogens is 271 g/mol. The van der Waals surface area contributed by atoms with E-state index in [2.05, 4.69) is 4.98 Å². The van der Waals surface area contributed by atoms with Gasteiger partial charge in [-0.2, -0.15) is 0 Å². The van der Waals surface area contributed by atoms with Gasteiger partial charge in [-0.3, -0.25) is 9.78 Å². The van der Waals surface area contributed by atoms with E-state index in [1.165, 1.54) is 6.20 Å². The lowest BCUT2D eigenvalue weighted by molar-refractivity contribution is 0.0993. The van der Waals surface area contributed by atoms with Crippen LogP contribution in [0.4, 0.5) is 5.69 Å². The first kappa shape index (κ1) is 12.9. The summed E-state index contributed by atoms with van der Waals surface area (Å²) in [6, 6.07) is 6.55. The van der Waals surface area contributed by atoms with Gasteiger partial charge >= 0.3 is 0 Å². The third-order valence-corrected chi connectivity index (χ3v) is 3.21. The maximum atomic E-state index is 12.1. The van der Waals surface area contributed by atoms with E-state index in [0.717, 1.165) is 5.56 Å². The van der Waals surface area contributed by atoms with Crippen LogP contribution in [0, 0.1) is 0 Å². The summed E-state index contributed by atoms with van der Waals surface area (Å²) in [4.78, 5) is 15.9. The van der Waals surface area contributed by atoms with Gasteiger partial charge in [-0.15, -0.1) is 0 Å². The van der Waals surface area contributed by atoms with Crippen LogP contribution in [0.1, 0.15) is 15.9 Å². The fourth-order valence-electron chi connectivity index (χ4n) is 1.54. The molecule has 3 nitrogen and oxygen atoms in total. The summed E-state index contributed by atoms with van der Waals surface area (Å²) in [5.74, 6) is -0.0635. The zero-order chi connectivity index (χ0) is 13.1. The monoisotopic (exact) mass is 280 g/mol. The topological polar surface area (TPSA) is 56.0 Å². The third-order valence-electron chi connectivity index (χ3n) is 2.53. The molecule has 0 saturated heterocycles. The van der Waals surface area contributed by atoms with Crippen LogP contribution in [0.3, 0.4) is 0 Å². The normalized spacial score (nSPS) is 10.3. The molecule has 2 N–H and O–H groups in total. The first-order chi connectivity index (χ1) is 8.58. The van der Waals surface area contributed by atoms with Gasteiger partial charge in [-0.05, 0) is 29.8 Å². The molecule has 92 valence electrons. The molecule has 0 amide bonds. The van der Waals surface area contributed by atoms with Crippen molar-refractivity contribution >= 4 is 34.7 Å². The van der Waals surface area contributed by atoms with Crippen molar-refractivity contribution in [2.24, 2.45) is 0 Å². The van der Waals surface area contributed by atoms with E-state index in [-0.39, 0.29) is 12.2 Å². The second-order valence-corrected chi connectivity index (χ2v) is 4.62. The molecule has 5 heteroatoms. The Morgan fingerprint density at radius 2 is 2.00 bits per heavy atom. The number of carbonyl (C=O) groups excluding carboxylic acids is 1. The van der Waals surface area contributed by atoms with Crippen LogP contribution in [0.15, 0.2) is 36.7 Å². The summed E-state index contributed by atoms with van der Waals surface area (Å²) < 4.78 is 0. The average Bonchev–Trinajstić information content (AvgIpc) is 2.35. The van der Waals surface area contributed by atoms with Gasteiger partial charge in [0.1, 0.15) is 0 Å². The second kappa shape index (κ2) is 5.38. The van der Waals surface area contributed by atoms with Gasteiger partial charge in [-0.25, -0.2) is 0 Å².